The molecule has 2 aromatic carbocycles. The smallest absolute Gasteiger partial charge is 0.163 e. The molecule has 20 heavy (non-hydrogen) atoms. The fraction of sp³-hybridized carbons (Fsp3) is 0.188. The number of ether oxygens (including phenoxy) is 1. The van der Waals surface area contributed by atoms with Gasteiger partial charge in [-0.2, -0.15) is 0 Å². The molecule has 0 radical (unpaired) electrons. The van der Waals surface area contributed by atoms with E-state index in [1.54, 1.807) is 18.2 Å². The third kappa shape index (κ3) is 2.29. The number of fused-ring (bicyclic) bond motifs is 1. The van der Waals surface area contributed by atoms with E-state index in [1.165, 1.54) is 18.2 Å². The molecule has 2 nitrogen and oxygen atoms in total. The number of aryl methyl sites for hydroxylation is 1. The molecule has 4 heteroatoms. The Morgan fingerprint density at radius 1 is 1.05 bits per heavy atom. The molecule has 1 aliphatic carbocycles. The van der Waals surface area contributed by atoms with Crippen LogP contribution in [0.2, 0.25) is 0 Å². The van der Waals surface area contributed by atoms with Gasteiger partial charge in [-0.25, -0.2) is 8.78 Å². The summed E-state index contributed by atoms with van der Waals surface area (Å²) in [6.07, 6.45) is 1.21. The van der Waals surface area contributed by atoms with Crippen LogP contribution >= 0.6 is 0 Å². The maximum absolute atomic E-state index is 13.5. The number of carbonyl (C=O) groups excluding carboxylic acids is 1. The standard InChI is InChI=1S/C16H12F2O2/c17-14-2-1-3-15(18)13(14)9-20-11-5-6-12-10(8-11)4-7-16(12)19/h1-3,5-6,8H,4,7,9H2. The predicted molar refractivity (Wildman–Crippen MR) is 69.8 cm³/mol. The van der Waals surface area contributed by atoms with Crippen molar-refractivity contribution in [1.82, 2.24) is 0 Å². The molecule has 3 rings (SSSR count). The maximum atomic E-state index is 13.5. The molecular formula is C16H12F2O2. The molecule has 102 valence electrons. The SMILES string of the molecule is O=C1CCc2cc(OCc3c(F)cccc3F)ccc21. The van der Waals surface area contributed by atoms with Gasteiger partial charge in [0, 0.05) is 12.0 Å². The first-order chi connectivity index (χ1) is 9.65. The Morgan fingerprint density at radius 3 is 2.55 bits per heavy atom. The summed E-state index contributed by atoms with van der Waals surface area (Å²) in [4.78, 5) is 11.5. The highest BCUT2D eigenvalue weighted by Gasteiger charge is 2.19. The Balaban J connectivity index is 1.78. The van der Waals surface area contributed by atoms with Crippen LogP contribution in [0.4, 0.5) is 8.78 Å². The largest absolute Gasteiger partial charge is 0.489 e. The summed E-state index contributed by atoms with van der Waals surface area (Å²) in [6.45, 7) is -0.175. The lowest BCUT2D eigenvalue weighted by atomic mass is 10.1. The summed E-state index contributed by atoms with van der Waals surface area (Å²) in [6, 6.07) is 8.83. The van der Waals surface area contributed by atoms with Gasteiger partial charge in [0.25, 0.3) is 0 Å². The molecule has 0 fully saturated rings. The monoisotopic (exact) mass is 274 g/mol. The van der Waals surface area contributed by atoms with Crippen LogP contribution in [-0.4, -0.2) is 5.78 Å². The molecule has 0 saturated carbocycles. The van der Waals surface area contributed by atoms with E-state index in [1.807, 2.05) is 0 Å². The van der Waals surface area contributed by atoms with Crippen LogP contribution in [0.25, 0.3) is 0 Å². The number of ketones is 1. The van der Waals surface area contributed by atoms with Crippen LogP contribution in [0, 0.1) is 11.6 Å². The summed E-state index contributed by atoms with van der Waals surface area (Å²) in [7, 11) is 0. The van der Waals surface area contributed by atoms with Crippen molar-refractivity contribution in [3.63, 3.8) is 0 Å². The Morgan fingerprint density at radius 2 is 1.80 bits per heavy atom. The maximum Gasteiger partial charge on any atom is 0.163 e. The second-order valence-electron chi connectivity index (χ2n) is 4.73. The van der Waals surface area contributed by atoms with Gasteiger partial charge < -0.3 is 4.74 Å². The van der Waals surface area contributed by atoms with E-state index in [9.17, 15) is 13.6 Å². The van der Waals surface area contributed by atoms with Crippen molar-refractivity contribution in [3.8, 4) is 5.75 Å². The van der Waals surface area contributed by atoms with Gasteiger partial charge in [-0.3, -0.25) is 4.79 Å². The molecule has 0 heterocycles. The van der Waals surface area contributed by atoms with Crippen LogP contribution in [-0.2, 0) is 13.0 Å². The van der Waals surface area contributed by atoms with E-state index >= 15 is 0 Å². The average Bonchev–Trinajstić information content (AvgIpc) is 2.79. The van der Waals surface area contributed by atoms with E-state index in [4.69, 9.17) is 4.74 Å². The molecular weight excluding hydrogens is 262 g/mol. The Hall–Kier alpha value is -2.23. The number of benzene rings is 2. The highest BCUT2D eigenvalue weighted by molar-refractivity contribution is 6.00. The zero-order valence-corrected chi connectivity index (χ0v) is 10.7. The molecule has 2 aromatic rings. The van der Waals surface area contributed by atoms with Crippen molar-refractivity contribution in [2.45, 2.75) is 19.4 Å². The van der Waals surface area contributed by atoms with Crippen LogP contribution in [0.5, 0.6) is 5.75 Å². The minimum Gasteiger partial charge on any atom is -0.489 e. The first-order valence-corrected chi connectivity index (χ1v) is 6.37. The first kappa shape index (κ1) is 12.8. The zero-order valence-electron chi connectivity index (χ0n) is 10.7. The molecule has 0 saturated heterocycles. The topological polar surface area (TPSA) is 26.3 Å². The molecule has 0 amide bonds. The molecule has 0 spiro atoms. The number of Topliss-reactive ketones (excluding diaryl/α,β-unsaturated/α-hetero) is 1. The van der Waals surface area contributed by atoms with Crippen molar-refractivity contribution in [3.05, 3.63) is 64.7 Å². The van der Waals surface area contributed by atoms with Crippen molar-refractivity contribution in [2.75, 3.05) is 0 Å². The van der Waals surface area contributed by atoms with Crippen molar-refractivity contribution in [2.24, 2.45) is 0 Å². The number of carbonyl (C=O) groups is 1. The molecule has 0 atom stereocenters. The van der Waals surface area contributed by atoms with Gasteiger partial charge in [-0.05, 0) is 42.3 Å². The highest BCUT2D eigenvalue weighted by atomic mass is 19.1. The lowest BCUT2D eigenvalue weighted by Crippen LogP contribution is -2.02. The van der Waals surface area contributed by atoms with Gasteiger partial charge in [0.1, 0.15) is 24.0 Å². The van der Waals surface area contributed by atoms with E-state index in [0.717, 1.165) is 11.1 Å². The van der Waals surface area contributed by atoms with Crippen LogP contribution in [0.1, 0.15) is 27.9 Å². The second kappa shape index (κ2) is 5.04. The Kier molecular flexibility index (Phi) is 3.22. The third-order valence-corrected chi connectivity index (χ3v) is 3.44. The minimum atomic E-state index is -0.624. The van der Waals surface area contributed by atoms with Crippen molar-refractivity contribution >= 4 is 5.78 Å². The first-order valence-electron chi connectivity index (χ1n) is 6.37. The van der Waals surface area contributed by atoms with Gasteiger partial charge in [0.15, 0.2) is 5.78 Å². The molecule has 0 N–H and O–H groups in total. The van der Waals surface area contributed by atoms with Crippen molar-refractivity contribution in [1.29, 1.82) is 0 Å². The quantitative estimate of drug-likeness (QED) is 0.853. The number of rotatable bonds is 3. The lowest BCUT2D eigenvalue weighted by Gasteiger charge is -2.09. The molecule has 0 unspecified atom stereocenters. The second-order valence-corrected chi connectivity index (χ2v) is 4.73. The molecule has 0 aliphatic heterocycles. The predicted octanol–water partition coefficient (Wildman–Crippen LogP) is 3.67. The van der Waals surface area contributed by atoms with E-state index in [0.29, 0.717) is 18.6 Å². The van der Waals surface area contributed by atoms with E-state index < -0.39 is 11.6 Å². The van der Waals surface area contributed by atoms with Crippen LogP contribution < -0.4 is 4.74 Å². The normalized spacial score (nSPS) is 13.4. The molecule has 0 bridgehead atoms. The van der Waals surface area contributed by atoms with Crippen LogP contribution in [0.15, 0.2) is 36.4 Å². The van der Waals surface area contributed by atoms with Crippen LogP contribution in [0.3, 0.4) is 0 Å². The summed E-state index contributed by atoms with van der Waals surface area (Å²) in [5.41, 5.74) is 1.56. The molecule has 1 aliphatic rings. The zero-order chi connectivity index (χ0) is 14.1. The average molecular weight is 274 g/mol. The number of halogens is 2. The van der Waals surface area contributed by atoms with E-state index in [2.05, 4.69) is 0 Å². The Labute approximate surface area is 115 Å². The fourth-order valence-electron chi connectivity index (χ4n) is 2.35. The van der Waals surface area contributed by atoms with Crippen molar-refractivity contribution < 1.29 is 18.3 Å². The summed E-state index contributed by atoms with van der Waals surface area (Å²) in [5, 5.41) is 0. The summed E-state index contributed by atoms with van der Waals surface area (Å²) >= 11 is 0. The summed E-state index contributed by atoms with van der Waals surface area (Å²) < 4.78 is 32.3. The number of hydrogen-bond donors (Lipinski definition) is 0. The van der Waals surface area contributed by atoms with Gasteiger partial charge in [0.2, 0.25) is 0 Å². The fourth-order valence-corrected chi connectivity index (χ4v) is 2.35. The minimum absolute atomic E-state index is 0.0934. The third-order valence-electron chi connectivity index (χ3n) is 3.44. The Bertz CT molecular complexity index is 660. The van der Waals surface area contributed by atoms with Gasteiger partial charge in [0.05, 0.1) is 5.56 Å². The number of hydrogen-bond acceptors (Lipinski definition) is 2. The van der Waals surface area contributed by atoms with E-state index in [-0.39, 0.29) is 18.0 Å². The van der Waals surface area contributed by atoms with Gasteiger partial charge in [-0.1, -0.05) is 6.07 Å². The lowest BCUT2D eigenvalue weighted by molar-refractivity contribution is 0.0994. The highest BCUT2D eigenvalue weighted by Crippen LogP contribution is 2.26. The molecule has 0 aromatic heterocycles. The van der Waals surface area contributed by atoms with Gasteiger partial charge >= 0.3 is 0 Å². The summed E-state index contributed by atoms with van der Waals surface area (Å²) in [5.74, 6) is -0.601. The van der Waals surface area contributed by atoms with Gasteiger partial charge in [-0.15, -0.1) is 0 Å².